The van der Waals surface area contributed by atoms with E-state index in [-0.39, 0.29) is 104 Å². The first-order valence-electron chi connectivity index (χ1n) is 37.6. The van der Waals surface area contributed by atoms with Crippen molar-refractivity contribution in [1.29, 1.82) is 0 Å². The SMILES string of the molecule is CCOC(=O)COc1c2cccc1Cc1cccc(c1OCC(=O)OCC)Cc1cccc(c1OCC(=O)OCC)Cc1cccc(c1OCC(=O)OCC)Cc1cccc(c1OCC(=O)OCC)Cc1cccc(c1OCC(=O)OCC)Cc1cccc(c1OCC(=O)OCC)Cc1cccc(c1OCC(=O)OCC)C2. The zero-order valence-electron chi connectivity index (χ0n) is 64.6. The zero-order chi connectivity index (χ0) is 79.7. The van der Waals surface area contributed by atoms with Crippen LogP contribution in [0.4, 0.5) is 0 Å². The first-order chi connectivity index (χ1) is 54.5. The molecule has 0 radical (unpaired) electrons. The van der Waals surface area contributed by atoms with E-state index in [1.54, 1.807) is 55.4 Å². The van der Waals surface area contributed by atoms with Crippen LogP contribution in [-0.4, -0.2) is 153 Å². The van der Waals surface area contributed by atoms with E-state index in [1.165, 1.54) is 0 Å². The number of carbonyl (C=O) groups excluding carboxylic acids is 8. The van der Waals surface area contributed by atoms with Gasteiger partial charge in [-0.25, -0.2) is 38.4 Å². The van der Waals surface area contributed by atoms with Crippen LogP contribution in [0.5, 0.6) is 46.0 Å². The van der Waals surface area contributed by atoms with Crippen molar-refractivity contribution >= 4 is 47.8 Å². The third-order valence-corrected chi connectivity index (χ3v) is 17.6. The highest BCUT2D eigenvalue weighted by molar-refractivity contribution is 5.75. The summed E-state index contributed by atoms with van der Waals surface area (Å²) in [7, 11) is 0. The minimum Gasteiger partial charge on any atom is -0.481 e. The van der Waals surface area contributed by atoms with Crippen LogP contribution in [-0.2, 0) is 128 Å². The molecule has 16 bridgehead atoms. The molecule has 0 aliphatic heterocycles. The molecule has 592 valence electrons. The van der Waals surface area contributed by atoms with Crippen LogP contribution < -0.4 is 37.9 Å². The number of fused-ring (bicyclic) bond motifs is 16. The van der Waals surface area contributed by atoms with Crippen LogP contribution in [0.15, 0.2) is 146 Å². The van der Waals surface area contributed by atoms with Crippen molar-refractivity contribution < 1.29 is 114 Å². The summed E-state index contributed by atoms with van der Waals surface area (Å²) in [6.45, 7) is 10.3. The van der Waals surface area contributed by atoms with Crippen LogP contribution in [0, 0.1) is 0 Å². The van der Waals surface area contributed by atoms with E-state index in [0.717, 1.165) is 0 Å². The Bertz CT molecular complexity index is 3560. The molecule has 0 fully saturated rings. The van der Waals surface area contributed by atoms with E-state index >= 15 is 0 Å². The van der Waals surface area contributed by atoms with Gasteiger partial charge in [0.15, 0.2) is 52.9 Å². The predicted octanol–water partition coefficient (Wildman–Crippen LogP) is 12.3. The molecule has 0 spiro atoms. The average molecular weight is 1540 g/mol. The Labute approximate surface area is 652 Å². The Balaban J connectivity index is 1.32. The monoisotopic (exact) mass is 1540 g/mol. The third kappa shape index (κ3) is 24.0. The molecule has 0 saturated carbocycles. The number of para-hydroxylation sites is 8. The predicted molar refractivity (Wildman–Crippen MR) is 411 cm³/mol. The summed E-state index contributed by atoms with van der Waals surface area (Å²) in [5.41, 5.74) is 9.45. The lowest BCUT2D eigenvalue weighted by Crippen LogP contribution is -2.18. The van der Waals surface area contributed by atoms with Crippen LogP contribution >= 0.6 is 0 Å². The van der Waals surface area contributed by atoms with Gasteiger partial charge in [-0.05, 0) is 144 Å². The largest absolute Gasteiger partial charge is 0.481 e. The first-order valence-corrected chi connectivity index (χ1v) is 37.6. The van der Waals surface area contributed by atoms with Crippen molar-refractivity contribution in [2.45, 2.75) is 107 Å². The van der Waals surface area contributed by atoms with E-state index in [4.69, 9.17) is 75.8 Å². The van der Waals surface area contributed by atoms with Crippen molar-refractivity contribution in [3.05, 3.63) is 235 Å². The Morgan fingerprint density at radius 1 is 0.179 bits per heavy atom. The van der Waals surface area contributed by atoms with Crippen molar-refractivity contribution in [1.82, 2.24) is 0 Å². The maximum atomic E-state index is 13.4. The van der Waals surface area contributed by atoms with E-state index in [0.29, 0.717) is 135 Å². The Kier molecular flexibility index (Phi) is 32.5. The van der Waals surface area contributed by atoms with Gasteiger partial charge in [-0.2, -0.15) is 0 Å². The van der Waals surface area contributed by atoms with Crippen LogP contribution in [0.2, 0.25) is 0 Å². The molecule has 0 N–H and O–H groups in total. The molecule has 0 saturated heterocycles. The van der Waals surface area contributed by atoms with Gasteiger partial charge >= 0.3 is 47.8 Å². The molecule has 8 aromatic carbocycles. The van der Waals surface area contributed by atoms with Gasteiger partial charge in [0.1, 0.15) is 46.0 Å². The van der Waals surface area contributed by atoms with E-state index in [1.807, 2.05) is 146 Å². The van der Waals surface area contributed by atoms with E-state index in [2.05, 4.69) is 0 Å². The number of benzene rings is 8. The fraction of sp³-hybridized carbons (Fsp3) is 0.364. The number of carbonyl (C=O) groups is 8. The maximum absolute atomic E-state index is 13.4. The second kappa shape index (κ2) is 43.3. The smallest absolute Gasteiger partial charge is 0.344 e. The Hall–Kier alpha value is -12.1. The van der Waals surface area contributed by atoms with Crippen LogP contribution in [0.25, 0.3) is 0 Å². The lowest BCUT2D eigenvalue weighted by molar-refractivity contribution is -0.146. The fourth-order valence-electron chi connectivity index (χ4n) is 13.1. The van der Waals surface area contributed by atoms with Crippen molar-refractivity contribution in [3.63, 3.8) is 0 Å². The molecule has 0 unspecified atom stereocenters. The summed E-state index contributed by atoms with van der Waals surface area (Å²) in [5, 5.41) is 0. The summed E-state index contributed by atoms with van der Waals surface area (Å²) in [4.78, 5) is 107. The zero-order valence-corrected chi connectivity index (χ0v) is 64.6. The molecular weight excluding hydrogens is 1440 g/mol. The average Bonchev–Trinajstić information content (AvgIpc) is 0.799. The van der Waals surface area contributed by atoms with Gasteiger partial charge in [0.2, 0.25) is 0 Å². The lowest BCUT2D eigenvalue weighted by Gasteiger charge is -2.22. The van der Waals surface area contributed by atoms with Gasteiger partial charge in [-0.1, -0.05) is 146 Å². The normalized spacial score (nSPS) is 11.8. The minimum absolute atomic E-state index is 0.0864. The topological polar surface area (TPSA) is 284 Å². The van der Waals surface area contributed by atoms with Gasteiger partial charge in [-0.15, -0.1) is 0 Å². The Morgan fingerprint density at radius 3 is 0.348 bits per heavy atom. The number of esters is 8. The highest BCUT2D eigenvalue weighted by Gasteiger charge is 2.28. The molecule has 0 amide bonds. The lowest BCUT2D eigenvalue weighted by atomic mass is 9.91. The quantitative estimate of drug-likeness (QED) is 0.0280. The summed E-state index contributed by atoms with van der Waals surface area (Å²) >= 11 is 0. The van der Waals surface area contributed by atoms with Crippen LogP contribution in [0.3, 0.4) is 0 Å². The third-order valence-electron chi connectivity index (χ3n) is 17.6. The molecule has 0 aromatic heterocycles. The number of hydrogen-bond donors (Lipinski definition) is 0. The molecule has 1 aliphatic rings. The number of rotatable bonds is 32. The number of ether oxygens (including phenoxy) is 16. The Morgan fingerprint density at radius 2 is 0.268 bits per heavy atom. The molecule has 0 heterocycles. The van der Waals surface area contributed by atoms with Gasteiger partial charge in [0, 0.05) is 51.4 Å². The van der Waals surface area contributed by atoms with Gasteiger partial charge in [0.05, 0.1) is 52.9 Å². The summed E-state index contributed by atoms with van der Waals surface area (Å²) < 4.78 is 95.8. The van der Waals surface area contributed by atoms with Crippen molar-refractivity contribution in [3.8, 4) is 46.0 Å². The van der Waals surface area contributed by atoms with Gasteiger partial charge < -0.3 is 75.8 Å². The molecule has 9 rings (SSSR count). The van der Waals surface area contributed by atoms with E-state index in [9.17, 15) is 38.4 Å². The first kappa shape index (κ1) is 83.9. The minimum atomic E-state index is -0.630. The maximum Gasteiger partial charge on any atom is 0.344 e. The van der Waals surface area contributed by atoms with Crippen molar-refractivity contribution in [2.75, 3.05) is 106 Å². The van der Waals surface area contributed by atoms with Crippen molar-refractivity contribution in [2.24, 2.45) is 0 Å². The summed E-state index contributed by atoms with van der Waals surface area (Å²) in [6, 6.07) is 44.4. The molecule has 1 aliphatic carbocycles. The summed E-state index contributed by atoms with van der Waals surface area (Å²) in [6.07, 6.45) is 0.770. The molecule has 8 aromatic rings. The standard InChI is InChI=1S/C88H96O24/c1-9-97-73(89)49-105-81-57-25-17-26-58(81)42-60-28-19-30-62(83(60)107-51-75(91)99-11-3)44-64-32-21-34-66(85(64)109-53-77(93)101-13-5)46-68-36-23-38-70(87(68)111-55-79(95)103-15-7)48-72-40-24-39-71(88(72)112-56-80(96)104-16-8)47-69-37-22-35-67(86(69)110-54-78(94)102-14-6)45-65-33-20-31-63(84(65)108-52-76(92)100-12-4)43-61-29-18-27-59(41-57)82(61)106-50-74(90)98-10-2/h17-40H,9-16,41-56H2,1-8H3. The highest BCUT2D eigenvalue weighted by Crippen LogP contribution is 2.42. The fourth-order valence-corrected chi connectivity index (χ4v) is 13.1. The van der Waals surface area contributed by atoms with E-state index < -0.39 is 101 Å². The second-order valence-corrected chi connectivity index (χ2v) is 25.4. The molecule has 24 nitrogen and oxygen atoms in total. The molecule has 24 heteroatoms. The molecule has 0 atom stereocenters. The molecule has 112 heavy (non-hydrogen) atoms. The number of hydrogen-bond acceptors (Lipinski definition) is 24. The summed E-state index contributed by atoms with van der Waals surface area (Å²) in [5.74, 6) is -2.52. The second-order valence-electron chi connectivity index (χ2n) is 25.4. The van der Waals surface area contributed by atoms with Crippen LogP contribution in [0.1, 0.15) is 144 Å². The van der Waals surface area contributed by atoms with Gasteiger partial charge in [0.25, 0.3) is 0 Å². The van der Waals surface area contributed by atoms with Gasteiger partial charge in [-0.3, -0.25) is 0 Å². The molecular formula is C88H96O24. The highest BCUT2D eigenvalue weighted by atomic mass is 16.6.